The van der Waals surface area contributed by atoms with Gasteiger partial charge >= 0.3 is 5.97 Å². The zero-order valence-corrected chi connectivity index (χ0v) is 6.08. The minimum atomic E-state index is -0.536. The number of hydrogen-bond acceptors (Lipinski definition) is 4. The van der Waals surface area contributed by atoms with Crippen molar-refractivity contribution in [3.05, 3.63) is 0 Å². The number of rotatable bonds is 5. The van der Waals surface area contributed by atoms with Crippen molar-refractivity contribution in [2.45, 2.75) is 12.8 Å². The Hall–Kier alpha value is -1.10. The van der Waals surface area contributed by atoms with E-state index >= 15 is 0 Å². The Morgan fingerprint density at radius 2 is 2.00 bits per heavy atom. The first-order chi connectivity index (χ1) is 5.16. The molecule has 0 unspecified atom stereocenters. The van der Waals surface area contributed by atoms with Crippen LogP contribution in [-0.4, -0.2) is 30.2 Å². The number of esters is 1. The van der Waals surface area contributed by atoms with Gasteiger partial charge in [-0.2, -0.15) is 0 Å². The van der Waals surface area contributed by atoms with Gasteiger partial charge in [-0.15, -0.1) is 0 Å². The molecule has 0 saturated heterocycles. The number of carbonyl (C=O) groups is 2. The molecule has 0 aromatic heterocycles. The van der Waals surface area contributed by atoms with Gasteiger partial charge in [-0.05, 0) is 0 Å². The number of aliphatic hydroxyl groups excluding tert-OH is 1. The molecule has 0 aromatic rings. The van der Waals surface area contributed by atoms with Crippen molar-refractivity contribution in [1.29, 1.82) is 0 Å². The standard InChI is InChI=1S/C6H11NO4/c7-5(9)1-2-6(10)11-4-3-8/h8H,1-4H2,(H2,7,9). The van der Waals surface area contributed by atoms with Gasteiger partial charge in [0.2, 0.25) is 5.91 Å². The summed E-state index contributed by atoms with van der Waals surface area (Å²) in [5, 5.41) is 8.22. The number of primary amides is 1. The van der Waals surface area contributed by atoms with Gasteiger partial charge in [0.15, 0.2) is 0 Å². The van der Waals surface area contributed by atoms with E-state index in [9.17, 15) is 9.59 Å². The fraction of sp³-hybridized carbons (Fsp3) is 0.667. The maximum absolute atomic E-state index is 10.6. The summed E-state index contributed by atoms with van der Waals surface area (Å²) in [6, 6.07) is 0. The Morgan fingerprint density at radius 1 is 1.36 bits per heavy atom. The number of aliphatic hydroxyl groups is 1. The summed E-state index contributed by atoms with van der Waals surface area (Å²) in [7, 11) is 0. The molecule has 5 heteroatoms. The lowest BCUT2D eigenvalue weighted by molar-refractivity contribution is -0.145. The molecule has 0 radical (unpaired) electrons. The Labute approximate surface area is 64.1 Å². The highest BCUT2D eigenvalue weighted by Crippen LogP contribution is 1.90. The van der Waals surface area contributed by atoms with Crippen LogP contribution in [0.15, 0.2) is 0 Å². The normalized spacial score (nSPS) is 9.18. The molecule has 0 aliphatic rings. The topological polar surface area (TPSA) is 89.6 Å². The molecule has 0 atom stereocenters. The lowest BCUT2D eigenvalue weighted by atomic mass is 10.3. The van der Waals surface area contributed by atoms with Crippen molar-refractivity contribution in [2.24, 2.45) is 5.73 Å². The average Bonchev–Trinajstić information content (AvgIpc) is 1.97. The highest BCUT2D eigenvalue weighted by atomic mass is 16.5. The van der Waals surface area contributed by atoms with Gasteiger partial charge in [0, 0.05) is 6.42 Å². The highest BCUT2D eigenvalue weighted by Gasteiger charge is 2.03. The second kappa shape index (κ2) is 5.67. The maximum atomic E-state index is 10.6. The predicted octanol–water partition coefficient (Wildman–Crippen LogP) is -1.21. The minimum Gasteiger partial charge on any atom is -0.463 e. The molecule has 0 spiro atoms. The van der Waals surface area contributed by atoms with Crippen molar-refractivity contribution >= 4 is 11.9 Å². The van der Waals surface area contributed by atoms with Crippen molar-refractivity contribution in [1.82, 2.24) is 0 Å². The van der Waals surface area contributed by atoms with Crippen LogP contribution in [0.3, 0.4) is 0 Å². The molecule has 0 fully saturated rings. The number of carbonyl (C=O) groups excluding carboxylic acids is 2. The number of amides is 1. The summed E-state index contributed by atoms with van der Waals surface area (Å²) in [6.45, 7) is -0.236. The first-order valence-electron chi connectivity index (χ1n) is 3.21. The van der Waals surface area contributed by atoms with E-state index in [4.69, 9.17) is 10.8 Å². The molecular weight excluding hydrogens is 150 g/mol. The van der Waals surface area contributed by atoms with Crippen LogP contribution >= 0.6 is 0 Å². The molecule has 0 heterocycles. The van der Waals surface area contributed by atoms with E-state index in [1.165, 1.54) is 0 Å². The van der Waals surface area contributed by atoms with E-state index in [-0.39, 0.29) is 26.1 Å². The summed E-state index contributed by atoms with van der Waals surface area (Å²) in [6.07, 6.45) is -0.0282. The lowest BCUT2D eigenvalue weighted by Crippen LogP contribution is -2.15. The van der Waals surface area contributed by atoms with Crippen molar-refractivity contribution in [2.75, 3.05) is 13.2 Å². The molecule has 0 bridgehead atoms. The molecular formula is C6H11NO4. The van der Waals surface area contributed by atoms with Gasteiger partial charge in [0.1, 0.15) is 6.61 Å². The van der Waals surface area contributed by atoms with Crippen LogP contribution in [0.5, 0.6) is 0 Å². The molecule has 0 aliphatic carbocycles. The van der Waals surface area contributed by atoms with Gasteiger partial charge in [-0.1, -0.05) is 0 Å². The molecule has 0 saturated carbocycles. The van der Waals surface area contributed by atoms with E-state index in [1.54, 1.807) is 0 Å². The van der Waals surface area contributed by atoms with E-state index in [1.807, 2.05) is 0 Å². The zero-order chi connectivity index (χ0) is 8.69. The minimum absolute atomic E-state index is 0.00966. The average molecular weight is 161 g/mol. The van der Waals surface area contributed by atoms with Crippen LogP contribution in [0.2, 0.25) is 0 Å². The van der Waals surface area contributed by atoms with Crippen molar-refractivity contribution < 1.29 is 19.4 Å². The van der Waals surface area contributed by atoms with Crippen LogP contribution < -0.4 is 5.73 Å². The first-order valence-corrected chi connectivity index (χ1v) is 3.21. The molecule has 1 amide bonds. The Bertz CT molecular complexity index is 146. The maximum Gasteiger partial charge on any atom is 0.306 e. The third-order valence-electron chi connectivity index (χ3n) is 0.930. The number of nitrogens with two attached hydrogens (primary N) is 1. The van der Waals surface area contributed by atoms with Crippen molar-refractivity contribution in [3.63, 3.8) is 0 Å². The van der Waals surface area contributed by atoms with Gasteiger partial charge in [-0.25, -0.2) is 0 Å². The van der Waals surface area contributed by atoms with E-state index in [0.29, 0.717) is 0 Å². The van der Waals surface area contributed by atoms with Crippen LogP contribution in [0.4, 0.5) is 0 Å². The van der Waals surface area contributed by atoms with Gasteiger partial charge in [-0.3, -0.25) is 9.59 Å². The Morgan fingerprint density at radius 3 is 2.45 bits per heavy atom. The molecule has 5 nitrogen and oxygen atoms in total. The second-order valence-corrected chi connectivity index (χ2v) is 1.91. The quantitative estimate of drug-likeness (QED) is 0.495. The summed E-state index contributed by atoms with van der Waals surface area (Å²) in [5.74, 6) is -1.05. The monoisotopic (exact) mass is 161 g/mol. The molecule has 11 heavy (non-hydrogen) atoms. The fourth-order valence-corrected chi connectivity index (χ4v) is 0.457. The third-order valence-corrected chi connectivity index (χ3v) is 0.930. The molecule has 0 rings (SSSR count). The van der Waals surface area contributed by atoms with Gasteiger partial charge < -0.3 is 15.6 Å². The SMILES string of the molecule is NC(=O)CCC(=O)OCCO. The van der Waals surface area contributed by atoms with Crippen LogP contribution in [0.25, 0.3) is 0 Å². The fourth-order valence-electron chi connectivity index (χ4n) is 0.457. The van der Waals surface area contributed by atoms with Gasteiger partial charge in [0.25, 0.3) is 0 Å². The Kier molecular flexibility index (Phi) is 5.10. The Balaban J connectivity index is 3.30. The molecule has 64 valence electrons. The summed E-state index contributed by atoms with van der Waals surface area (Å²) >= 11 is 0. The number of ether oxygens (including phenoxy) is 1. The summed E-state index contributed by atoms with van der Waals surface area (Å²) in [5.41, 5.74) is 4.77. The van der Waals surface area contributed by atoms with Crippen LogP contribution in [0.1, 0.15) is 12.8 Å². The van der Waals surface area contributed by atoms with Gasteiger partial charge in [0.05, 0.1) is 13.0 Å². The second-order valence-electron chi connectivity index (χ2n) is 1.91. The number of hydrogen-bond donors (Lipinski definition) is 2. The molecule has 0 aliphatic heterocycles. The van der Waals surface area contributed by atoms with E-state index in [0.717, 1.165) is 0 Å². The zero-order valence-electron chi connectivity index (χ0n) is 6.08. The van der Waals surface area contributed by atoms with Crippen molar-refractivity contribution in [3.8, 4) is 0 Å². The molecule has 3 N–H and O–H groups in total. The van der Waals surface area contributed by atoms with Crippen LogP contribution in [0, 0.1) is 0 Å². The molecule has 0 aromatic carbocycles. The largest absolute Gasteiger partial charge is 0.463 e. The predicted molar refractivity (Wildman–Crippen MR) is 36.5 cm³/mol. The van der Waals surface area contributed by atoms with E-state index < -0.39 is 11.9 Å². The van der Waals surface area contributed by atoms with E-state index in [2.05, 4.69) is 4.74 Å². The first kappa shape index (κ1) is 9.90. The summed E-state index contributed by atoms with van der Waals surface area (Å²) in [4.78, 5) is 20.7. The lowest BCUT2D eigenvalue weighted by Gasteiger charge is -1.99. The summed E-state index contributed by atoms with van der Waals surface area (Å²) < 4.78 is 4.44. The highest BCUT2D eigenvalue weighted by molar-refractivity contribution is 5.79. The third kappa shape index (κ3) is 6.79. The smallest absolute Gasteiger partial charge is 0.306 e. The van der Waals surface area contributed by atoms with Crippen LogP contribution in [-0.2, 0) is 14.3 Å².